The van der Waals surface area contributed by atoms with Gasteiger partial charge in [-0.15, -0.1) is 0 Å². The summed E-state index contributed by atoms with van der Waals surface area (Å²) in [5.74, 6) is -0.545. The van der Waals surface area contributed by atoms with Crippen LogP contribution in [-0.2, 0) is 27.5 Å². The van der Waals surface area contributed by atoms with Crippen molar-refractivity contribution in [2.45, 2.75) is 59.0 Å². The lowest BCUT2D eigenvalue weighted by Gasteiger charge is -2.24. The summed E-state index contributed by atoms with van der Waals surface area (Å²) in [6, 6.07) is 19.8. The second-order valence-electron chi connectivity index (χ2n) is 10.5. The maximum absolute atomic E-state index is 13.5. The second-order valence-corrected chi connectivity index (χ2v) is 10.5. The highest BCUT2D eigenvalue weighted by molar-refractivity contribution is 6.06. The highest BCUT2D eigenvalue weighted by atomic mass is 16.2. The lowest BCUT2D eigenvalue weighted by molar-refractivity contribution is -0.862. The Morgan fingerprint density at radius 3 is 1.84 bits per heavy atom. The maximum Gasteiger partial charge on any atom is 0.295 e. The molecule has 200 valence electrons. The van der Waals surface area contributed by atoms with Crippen molar-refractivity contribution in [2.75, 3.05) is 27.7 Å². The quantitative estimate of drug-likeness (QED) is 0.218. The second kappa shape index (κ2) is 15.1. The number of benzene rings is 2. The van der Waals surface area contributed by atoms with Crippen molar-refractivity contribution in [1.29, 1.82) is 0 Å². The van der Waals surface area contributed by atoms with Crippen LogP contribution in [0.5, 0.6) is 0 Å². The molecule has 37 heavy (non-hydrogen) atoms. The molecule has 7 heteroatoms. The molecule has 0 fully saturated rings. The summed E-state index contributed by atoms with van der Waals surface area (Å²) in [7, 11) is 5.78. The van der Waals surface area contributed by atoms with Crippen LogP contribution < -0.4 is 5.43 Å². The average molecular weight is 508 g/mol. The van der Waals surface area contributed by atoms with E-state index in [2.05, 4.69) is 10.5 Å². The molecule has 0 saturated heterocycles. The zero-order valence-corrected chi connectivity index (χ0v) is 23.1. The number of carbonyl (C=O) groups excluding carboxylic acids is 3. The molecule has 1 atom stereocenters. The number of amides is 2. The molecule has 2 rings (SSSR count). The molecule has 0 aliphatic rings. The van der Waals surface area contributed by atoms with Gasteiger partial charge in [0, 0.05) is 31.6 Å². The molecular formula is C30H43N4O3+. The minimum Gasteiger partial charge on any atom is -0.334 e. The normalized spacial score (nSPS) is 12.6. The van der Waals surface area contributed by atoms with Crippen molar-refractivity contribution < 1.29 is 18.9 Å². The number of carbonyl (C=O) groups is 3. The summed E-state index contributed by atoms with van der Waals surface area (Å²) < 4.78 is 0.467. The van der Waals surface area contributed by atoms with Crippen LogP contribution in [0.25, 0.3) is 0 Å². The fourth-order valence-corrected chi connectivity index (χ4v) is 4.21. The molecule has 1 unspecified atom stereocenters. The highest BCUT2D eigenvalue weighted by Crippen LogP contribution is 2.17. The molecule has 0 aromatic heterocycles. The summed E-state index contributed by atoms with van der Waals surface area (Å²) >= 11 is 0. The van der Waals surface area contributed by atoms with Gasteiger partial charge >= 0.3 is 0 Å². The van der Waals surface area contributed by atoms with E-state index in [-0.39, 0.29) is 30.6 Å². The summed E-state index contributed by atoms with van der Waals surface area (Å²) in [5, 5.41) is 4.40. The first-order valence-corrected chi connectivity index (χ1v) is 13.2. The van der Waals surface area contributed by atoms with E-state index in [4.69, 9.17) is 0 Å². The summed E-state index contributed by atoms with van der Waals surface area (Å²) in [4.78, 5) is 40.6. The fraction of sp³-hybridized carbons (Fsp3) is 0.467. The van der Waals surface area contributed by atoms with Gasteiger partial charge in [0.25, 0.3) is 5.91 Å². The van der Waals surface area contributed by atoms with E-state index in [9.17, 15) is 14.4 Å². The first-order chi connectivity index (χ1) is 17.6. The molecule has 0 radical (unpaired) electrons. The highest BCUT2D eigenvalue weighted by Gasteiger charge is 2.25. The molecule has 0 heterocycles. The molecule has 2 aromatic rings. The average Bonchev–Trinajstić information content (AvgIpc) is 2.85. The third-order valence-corrected chi connectivity index (χ3v) is 6.02. The van der Waals surface area contributed by atoms with Crippen molar-refractivity contribution in [3.63, 3.8) is 0 Å². The van der Waals surface area contributed by atoms with Crippen molar-refractivity contribution in [3.8, 4) is 0 Å². The van der Waals surface area contributed by atoms with E-state index in [1.165, 1.54) is 0 Å². The lowest BCUT2D eigenvalue weighted by Crippen LogP contribution is -2.43. The largest absolute Gasteiger partial charge is 0.334 e. The van der Waals surface area contributed by atoms with E-state index in [0.717, 1.165) is 17.5 Å². The molecule has 0 bridgehead atoms. The number of Topliss-reactive ketones (excluding diaryl/α,β-unsaturated/α-hetero) is 1. The Bertz CT molecular complexity index is 988. The Hall–Kier alpha value is -3.32. The van der Waals surface area contributed by atoms with Gasteiger partial charge in [0.05, 0.1) is 27.1 Å². The predicted octanol–water partition coefficient (Wildman–Crippen LogP) is 4.57. The van der Waals surface area contributed by atoms with Crippen LogP contribution in [0.15, 0.2) is 65.8 Å². The Morgan fingerprint density at radius 1 is 0.838 bits per heavy atom. The van der Waals surface area contributed by atoms with Crippen molar-refractivity contribution >= 4 is 23.3 Å². The zero-order valence-electron chi connectivity index (χ0n) is 23.1. The molecule has 1 N–H and O–H groups in total. The van der Waals surface area contributed by atoms with Gasteiger partial charge < -0.3 is 9.38 Å². The van der Waals surface area contributed by atoms with E-state index in [0.29, 0.717) is 42.5 Å². The zero-order chi connectivity index (χ0) is 27.3. The molecule has 2 aromatic carbocycles. The van der Waals surface area contributed by atoms with Gasteiger partial charge in [-0.1, -0.05) is 74.5 Å². The van der Waals surface area contributed by atoms with Crippen molar-refractivity contribution in [3.05, 3.63) is 71.8 Å². The van der Waals surface area contributed by atoms with Crippen LogP contribution in [0.3, 0.4) is 0 Å². The number of rotatable bonds is 15. The van der Waals surface area contributed by atoms with Gasteiger partial charge in [-0.3, -0.25) is 14.4 Å². The summed E-state index contributed by atoms with van der Waals surface area (Å²) in [6.07, 6.45) is 2.30. The van der Waals surface area contributed by atoms with E-state index < -0.39 is 5.92 Å². The number of likely N-dealkylation sites (N-methyl/N-ethyl adjacent to an activating group) is 1. The van der Waals surface area contributed by atoms with E-state index >= 15 is 0 Å². The molecule has 0 saturated carbocycles. The first kappa shape index (κ1) is 29.9. The van der Waals surface area contributed by atoms with E-state index in [1.54, 1.807) is 0 Å². The Labute approximate surface area is 222 Å². The lowest BCUT2D eigenvalue weighted by atomic mass is 9.90. The molecule has 7 nitrogen and oxygen atoms in total. The molecule has 2 amide bonds. The van der Waals surface area contributed by atoms with Gasteiger partial charge in [-0.2, -0.15) is 5.10 Å². The van der Waals surface area contributed by atoms with Gasteiger partial charge in [0.2, 0.25) is 5.91 Å². The third-order valence-electron chi connectivity index (χ3n) is 6.02. The first-order valence-electron chi connectivity index (χ1n) is 13.2. The van der Waals surface area contributed by atoms with Crippen molar-refractivity contribution in [2.24, 2.45) is 11.0 Å². The third kappa shape index (κ3) is 11.1. The molecule has 0 spiro atoms. The van der Waals surface area contributed by atoms with Crippen LogP contribution in [-0.4, -0.2) is 60.4 Å². The molecular weight excluding hydrogens is 464 g/mol. The Kier molecular flexibility index (Phi) is 12.2. The number of nitrogens with one attached hydrogen (secondary N) is 1. The monoisotopic (exact) mass is 507 g/mol. The smallest absolute Gasteiger partial charge is 0.295 e. The van der Waals surface area contributed by atoms with Crippen LogP contribution in [0.4, 0.5) is 0 Å². The number of hydrogen-bond acceptors (Lipinski definition) is 4. The number of hydrogen-bond donors (Lipinski definition) is 1. The molecule has 0 aliphatic carbocycles. The predicted molar refractivity (Wildman–Crippen MR) is 149 cm³/mol. The molecule has 0 aliphatic heterocycles. The van der Waals surface area contributed by atoms with Gasteiger partial charge in [-0.05, 0) is 30.4 Å². The maximum atomic E-state index is 13.5. The Morgan fingerprint density at radius 2 is 1.38 bits per heavy atom. The summed E-state index contributed by atoms with van der Waals surface area (Å²) in [6.45, 7) is 5.16. The number of hydrazone groups is 1. The SMILES string of the molecule is CCCC(=O)C(CC)/C(CCC(=O)N(Cc1ccccc1)Cc1ccccc1)=N\NC(=O)C[N+](C)(C)C. The van der Waals surface area contributed by atoms with Crippen LogP contribution in [0.2, 0.25) is 0 Å². The van der Waals surface area contributed by atoms with Crippen LogP contribution in [0.1, 0.15) is 57.1 Å². The van der Waals surface area contributed by atoms with Gasteiger partial charge in [0.15, 0.2) is 6.54 Å². The van der Waals surface area contributed by atoms with Crippen LogP contribution in [0, 0.1) is 5.92 Å². The minimum atomic E-state index is -0.408. The topological polar surface area (TPSA) is 78.8 Å². The number of quaternary nitrogens is 1. The van der Waals surface area contributed by atoms with Crippen LogP contribution >= 0.6 is 0 Å². The summed E-state index contributed by atoms with van der Waals surface area (Å²) in [5.41, 5.74) is 5.32. The van der Waals surface area contributed by atoms with Gasteiger partial charge in [0.1, 0.15) is 5.78 Å². The number of ketones is 1. The fourth-order valence-electron chi connectivity index (χ4n) is 4.21. The standard InChI is InChI=1S/C30H42N4O3/c1-6-14-28(35)26(7-2)27(31-32-29(36)23-34(3,4)5)19-20-30(37)33(21-24-15-10-8-11-16-24)22-25-17-12-9-13-18-25/h8-13,15-18,26H,6-7,14,19-23H2,1-5H3/p+1/b31-27-. The van der Waals surface area contributed by atoms with E-state index in [1.807, 2.05) is 101 Å². The minimum absolute atomic E-state index is 0.0177. The van der Waals surface area contributed by atoms with Crippen molar-refractivity contribution in [1.82, 2.24) is 10.3 Å². The Balaban J connectivity index is 2.22. The van der Waals surface area contributed by atoms with Gasteiger partial charge in [-0.25, -0.2) is 5.43 Å². The number of nitrogens with zero attached hydrogens (tertiary/aromatic N) is 3.